The van der Waals surface area contributed by atoms with Crippen LogP contribution >= 0.6 is 23.2 Å². The fourth-order valence-electron chi connectivity index (χ4n) is 1.09. The number of nitrogens with two attached hydrogens (primary N) is 1. The van der Waals surface area contributed by atoms with Gasteiger partial charge in [-0.1, -0.05) is 23.2 Å². The van der Waals surface area contributed by atoms with E-state index in [-0.39, 0.29) is 6.54 Å². The van der Waals surface area contributed by atoms with Crippen molar-refractivity contribution < 1.29 is 9.90 Å². The lowest BCUT2D eigenvalue weighted by molar-refractivity contribution is -0.138. The van der Waals surface area contributed by atoms with Gasteiger partial charge in [-0.2, -0.15) is 0 Å². The summed E-state index contributed by atoms with van der Waals surface area (Å²) in [4.78, 5) is 10.5. The van der Waals surface area contributed by atoms with Crippen LogP contribution in [0, 0.1) is 6.92 Å². The van der Waals surface area contributed by atoms with E-state index in [1.54, 1.807) is 12.1 Å². The fraction of sp³-hybridized carbons (Fsp3) is 0.300. The molecule has 0 spiro atoms. The third-order valence-corrected chi connectivity index (χ3v) is 2.80. The summed E-state index contributed by atoms with van der Waals surface area (Å²) in [5.74, 6) is -1.07. The quantitative estimate of drug-likeness (QED) is 0.777. The number of benzene rings is 1. The Morgan fingerprint density at radius 3 is 2.69 bits per heavy atom. The Labute approximate surface area is 103 Å². The molecule has 0 aliphatic heterocycles. The predicted molar refractivity (Wildman–Crippen MR) is 65.3 cm³/mol. The molecule has 16 heavy (non-hydrogen) atoms. The molecule has 0 radical (unpaired) electrons. The Bertz CT molecular complexity index is 410. The highest BCUT2D eigenvalue weighted by Crippen LogP contribution is 2.28. The molecule has 0 saturated heterocycles. The van der Waals surface area contributed by atoms with Crippen molar-refractivity contribution in [3.63, 3.8) is 0 Å². The molecule has 0 aliphatic carbocycles. The van der Waals surface area contributed by atoms with Crippen LogP contribution in [-0.4, -0.2) is 23.7 Å². The van der Waals surface area contributed by atoms with Crippen LogP contribution in [0.4, 0.5) is 5.69 Å². The number of hydrogen-bond donors (Lipinski definition) is 3. The predicted octanol–water partition coefficient (Wildman–Crippen LogP) is 2.13. The third kappa shape index (κ3) is 3.27. The van der Waals surface area contributed by atoms with E-state index in [0.29, 0.717) is 15.7 Å². The van der Waals surface area contributed by atoms with Crippen LogP contribution < -0.4 is 11.1 Å². The van der Waals surface area contributed by atoms with Crippen LogP contribution in [-0.2, 0) is 4.79 Å². The van der Waals surface area contributed by atoms with E-state index in [2.05, 4.69) is 5.32 Å². The van der Waals surface area contributed by atoms with Crippen molar-refractivity contribution in [2.45, 2.75) is 13.0 Å². The molecule has 0 bridgehead atoms. The molecule has 1 aromatic carbocycles. The minimum absolute atomic E-state index is 0.0917. The molecule has 6 heteroatoms. The van der Waals surface area contributed by atoms with Gasteiger partial charge in [0, 0.05) is 11.6 Å². The standard InChI is InChI=1S/C10H12Cl2N2O2/c1-5-2-7(12)9(3-6(5)11)14-4-8(13)10(15)16/h2-3,8,14H,4,13H2,1H3,(H,15,16). The van der Waals surface area contributed by atoms with Gasteiger partial charge < -0.3 is 16.2 Å². The maximum atomic E-state index is 10.5. The van der Waals surface area contributed by atoms with Gasteiger partial charge in [0.15, 0.2) is 0 Å². The number of carbonyl (C=O) groups is 1. The first-order valence-corrected chi connectivity index (χ1v) is 5.35. The van der Waals surface area contributed by atoms with Gasteiger partial charge in [-0.25, -0.2) is 0 Å². The maximum Gasteiger partial charge on any atom is 0.322 e. The van der Waals surface area contributed by atoms with Crippen molar-refractivity contribution in [3.8, 4) is 0 Å². The first-order valence-electron chi connectivity index (χ1n) is 4.59. The lowest BCUT2D eigenvalue weighted by Crippen LogP contribution is -2.36. The summed E-state index contributed by atoms with van der Waals surface area (Å²) in [6.07, 6.45) is 0. The first-order chi connectivity index (χ1) is 7.41. The summed E-state index contributed by atoms with van der Waals surface area (Å²) in [5.41, 5.74) is 6.78. The highest BCUT2D eigenvalue weighted by atomic mass is 35.5. The normalized spacial score (nSPS) is 12.2. The maximum absolute atomic E-state index is 10.5. The minimum atomic E-state index is -1.07. The summed E-state index contributed by atoms with van der Waals surface area (Å²) in [6, 6.07) is 2.38. The van der Waals surface area contributed by atoms with E-state index < -0.39 is 12.0 Å². The monoisotopic (exact) mass is 262 g/mol. The highest BCUT2D eigenvalue weighted by molar-refractivity contribution is 6.35. The number of carboxylic acid groups (broad SMARTS) is 1. The van der Waals surface area contributed by atoms with E-state index in [1.807, 2.05) is 6.92 Å². The average molecular weight is 263 g/mol. The van der Waals surface area contributed by atoms with Crippen molar-refractivity contribution in [3.05, 3.63) is 27.7 Å². The number of halogens is 2. The van der Waals surface area contributed by atoms with Gasteiger partial charge in [-0.15, -0.1) is 0 Å². The van der Waals surface area contributed by atoms with Crippen LogP contribution in [0.1, 0.15) is 5.56 Å². The number of anilines is 1. The van der Waals surface area contributed by atoms with E-state index in [9.17, 15) is 4.79 Å². The molecule has 88 valence electrons. The second-order valence-corrected chi connectivity index (χ2v) is 4.22. The van der Waals surface area contributed by atoms with Crippen molar-refractivity contribution in [2.24, 2.45) is 5.73 Å². The largest absolute Gasteiger partial charge is 0.480 e. The smallest absolute Gasteiger partial charge is 0.322 e. The van der Waals surface area contributed by atoms with Crippen molar-refractivity contribution in [1.82, 2.24) is 0 Å². The van der Waals surface area contributed by atoms with E-state index in [1.165, 1.54) is 0 Å². The van der Waals surface area contributed by atoms with Crippen LogP contribution in [0.15, 0.2) is 12.1 Å². The van der Waals surface area contributed by atoms with Crippen LogP contribution in [0.2, 0.25) is 10.0 Å². The van der Waals surface area contributed by atoms with Gasteiger partial charge >= 0.3 is 5.97 Å². The zero-order chi connectivity index (χ0) is 12.3. The molecule has 0 aliphatic rings. The molecule has 0 aromatic heterocycles. The van der Waals surface area contributed by atoms with Crippen molar-refractivity contribution >= 4 is 34.9 Å². The van der Waals surface area contributed by atoms with Gasteiger partial charge in [0.05, 0.1) is 10.7 Å². The Morgan fingerprint density at radius 1 is 1.50 bits per heavy atom. The summed E-state index contributed by atoms with van der Waals surface area (Å²) in [6.45, 7) is 1.93. The third-order valence-electron chi connectivity index (χ3n) is 2.08. The average Bonchev–Trinajstić information content (AvgIpc) is 2.20. The topological polar surface area (TPSA) is 75.3 Å². The van der Waals surface area contributed by atoms with Crippen molar-refractivity contribution in [1.29, 1.82) is 0 Å². The highest BCUT2D eigenvalue weighted by Gasteiger charge is 2.12. The van der Waals surface area contributed by atoms with Gasteiger partial charge in [-0.05, 0) is 24.6 Å². The molecule has 4 nitrogen and oxygen atoms in total. The van der Waals surface area contributed by atoms with Gasteiger partial charge in [0.2, 0.25) is 0 Å². The lowest BCUT2D eigenvalue weighted by Gasteiger charge is -2.12. The molecular weight excluding hydrogens is 251 g/mol. The molecule has 0 fully saturated rings. The molecule has 1 rings (SSSR count). The number of aliphatic carboxylic acids is 1. The van der Waals surface area contributed by atoms with Gasteiger partial charge in [0.1, 0.15) is 6.04 Å². The van der Waals surface area contributed by atoms with E-state index >= 15 is 0 Å². The summed E-state index contributed by atoms with van der Waals surface area (Å²) in [5, 5.41) is 12.5. The number of carboxylic acids is 1. The molecular formula is C10H12Cl2N2O2. The van der Waals surface area contributed by atoms with Gasteiger partial charge in [0.25, 0.3) is 0 Å². The summed E-state index contributed by atoms with van der Waals surface area (Å²) >= 11 is 11.9. The van der Waals surface area contributed by atoms with Crippen LogP contribution in [0.5, 0.6) is 0 Å². The van der Waals surface area contributed by atoms with Crippen molar-refractivity contribution in [2.75, 3.05) is 11.9 Å². The number of aryl methyl sites for hydroxylation is 1. The number of hydrogen-bond acceptors (Lipinski definition) is 3. The fourth-order valence-corrected chi connectivity index (χ4v) is 1.54. The zero-order valence-electron chi connectivity index (χ0n) is 8.63. The molecule has 0 amide bonds. The molecule has 1 unspecified atom stereocenters. The number of rotatable bonds is 4. The minimum Gasteiger partial charge on any atom is -0.480 e. The second kappa shape index (κ2) is 5.39. The molecule has 1 atom stereocenters. The van der Waals surface area contributed by atoms with Gasteiger partial charge in [-0.3, -0.25) is 4.79 Å². The summed E-state index contributed by atoms with van der Waals surface area (Å²) in [7, 11) is 0. The SMILES string of the molecule is Cc1cc(Cl)c(NCC(N)C(=O)O)cc1Cl. The first kappa shape index (κ1) is 13.1. The molecule has 4 N–H and O–H groups in total. The number of nitrogens with one attached hydrogen (secondary N) is 1. The van der Waals surface area contributed by atoms with Crippen LogP contribution in [0.3, 0.4) is 0 Å². The Hall–Kier alpha value is -0.970. The Kier molecular flexibility index (Phi) is 4.41. The van der Waals surface area contributed by atoms with E-state index in [0.717, 1.165) is 5.56 Å². The Balaban J connectivity index is 2.74. The second-order valence-electron chi connectivity index (χ2n) is 3.41. The molecule has 1 aromatic rings. The summed E-state index contributed by atoms with van der Waals surface area (Å²) < 4.78 is 0. The zero-order valence-corrected chi connectivity index (χ0v) is 10.1. The van der Waals surface area contributed by atoms with Crippen LogP contribution in [0.25, 0.3) is 0 Å². The molecule has 0 saturated carbocycles. The van der Waals surface area contributed by atoms with E-state index in [4.69, 9.17) is 34.0 Å². The lowest BCUT2D eigenvalue weighted by atomic mass is 10.2. The Morgan fingerprint density at radius 2 is 2.12 bits per heavy atom. The molecule has 0 heterocycles.